The van der Waals surface area contributed by atoms with Crippen LogP contribution < -0.4 is 5.32 Å². The Kier molecular flexibility index (Phi) is 6.31. The smallest absolute Gasteiger partial charge is 0.326 e. The zero-order chi connectivity index (χ0) is 17.5. The van der Waals surface area contributed by atoms with Crippen LogP contribution in [0.3, 0.4) is 0 Å². The van der Waals surface area contributed by atoms with E-state index >= 15 is 0 Å². The first-order valence-corrected chi connectivity index (χ1v) is 7.83. The zero-order valence-corrected chi connectivity index (χ0v) is 13.7. The van der Waals surface area contributed by atoms with Crippen LogP contribution in [0.15, 0.2) is 24.3 Å². The number of halogens is 1. The van der Waals surface area contributed by atoms with Crippen molar-refractivity contribution in [3.63, 3.8) is 0 Å². The third kappa shape index (κ3) is 5.34. The number of likely N-dealkylation sites (tertiary alicyclic amines) is 1. The van der Waals surface area contributed by atoms with Crippen molar-refractivity contribution in [3.05, 3.63) is 34.9 Å². The highest BCUT2D eigenvalue weighted by Crippen LogP contribution is 2.11. The molecule has 0 aromatic heterocycles. The molecule has 24 heavy (non-hydrogen) atoms. The molecule has 0 unspecified atom stereocenters. The van der Waals surface area contributed by atoms with Gasteiger partial charge in [0.2, 0.25) is 11.8 Å². The molecule has 1 aliphatic rings. The van der Waals surface area contributed by atoms with Crippen LogP contribution in [-0.4, -0.2) is 48.3 Å². The highest BCUT2D eigenvalue weighted by molar-refractivity contribution is 6.30. The number of ether oxygens (including phenoxy) is 1. The van der Waals surface area contributed by atoms with E-state index in [0.29, 0.717) is 18.0 Å². The van der Waals surface area contributed by atoms with Gasteiger partial charge in [-0.05, 0) is 24.1 Å². The summed E-state index contributed by atoms with van der Waals surface area (Å²) in [4.78, 5) is 46.7. The van der Waals surface area contributed by atoms with Gasteiger partial charge in [-0.15, -0.1) is 0 Å². The summed E-state index contributed by atoms with van der Waals surface area (Å²) in [6, 6.07) is 7.25. The molecule has 1 aromatic carbocycles. The fraction of sp³-hybridized carbons (Fsp3) is 0.375. The minimum atomic E-state index is -0.786. The van der Waals surface area contributed by atoms with E-state index in [1.54, 1.807) is 12.1 Å². The molecule has 2 rings (SSSR count). The van der Waals surface area contributed by atoms with Crippen LogP contribution in [0.25, 0.3) is 0 Å². The number of rotatable bonds is 7. The van der Waals surface area contributed by atoms with Gasteiger partial charge in [-0.25, -0.2) is 0 Å². The van der Waals surface area contributed by atoms with Crippen molar-refractivity contribution in [3.8, 4) is 0 Å². The van der Waals surface area contributed by atoms with Crippen LogP contribution in [-0.2, 0) is 30.3 Å². The number of hydrogen-bond donors (Lipinski definition) is 1. The molecule has 0 saturated carbocycles. The summed E-state index contributed by atoms with van der Waals surface area (Å²) in [6.45, 7) is -0.507. The lowest BCUT2D eigenvalue weighted by Gasteiger charge is -2.12. The standard InChI is InChI=1S/C16H17ClN2O5/c17-12-3-1-11(2-4-12)7-8-18-13(20)10-24-16(23)9-19-14(21)5-6-15(19)22/h1-4H,5-10H2,(H,18,20). The lowest BCUT2D eigenvalue weighted by molar-refractivity contribution is -0.154. The SMILES string of the molecule is O=C(COC(=O)CN1C(=O)CCC1=O)NCCc1ccc(Cl)cc1. The molecule has 1 N–H and O–H groups in total. The minimum Gasteiger partial charge on any atom is -0.454 e. The number of nitrogens with zero attached hydrogens (tertiary/aromatic N) is 1. The van der Waals surface area contributed by atoms with E-state index in [1.807, 2.05) is 12.1 Å². The number of hydrogen-bond acceptors (Lipinski definition) is 5. The summed E-state index contributed by atoms with van der Waals surface area (Å²) < 4.78 is 4.77. The number of nitrogens with one attached hydrogen (secondary N) is 1. The normalized spacial score (nSPS) is 14.0. The summed E-state index contributed by atoms with van der Waals surface area (Å²) in [6.07, 6.45) is 0.836. The van der Waals surface area contributed by atoms with Crippen molar-refractivity contribution < 1.29 is 23.9 Å². The topological polar surface area (TPSA) is 92.8 Å². The van der Waals surface area contributed by atoms with Gasteiger partial charge in [-0.1, -0.05) is 23.7 Å². The second kappa shape index (κ2) is 8.44. The highest BCUT2D eigenvalue weighted by Gasteiger charge is 2.30. The molecule has 0 atom stereocenters. The van der Waals surface area contributed by atoms with E-state index in [1.165, 1.54) is 0 Å². The Hall–Kier alpha value is -2.41. The molecule has 0 aliphatic carbocycles. The molecule has 0 spiro atoms. The first-order valence-electron chi connectivity index (χ1n) is 7.45. The molecule has 0 bridgehead atoms. The predicted molar refractivity (Wildman–Crippen MR) is 85.1 cm³/mol. The number of benzene rings is 1. The number of carbonyl (C=O) groups excluding carboxylic acids is 4. The zero-order valence-electron chi connectivity index (χ0n) is 12.9. The van der Waals surface area contributed by atoms with Crippen LogP contribution in [0.1, 0.15) is 18.4 Å². The van der Waals surface area contributed by atoms with Crippen molar-refractivity contribution in [1.29, 1.82) is 0 Å². The fourth-order valence-electron chi connectivity index (χ4n) is 2.17. The van der Waals surface area contributed by atoms with E-state index in [2.05, 4.69) is 5.32 Å². The van der Waals surface area contributed by atoms with E-state index in [-0.39, 0.29) is 12.8 Å². The van der Waals surface area contributed by atoms with Crippen molar-refractivity contribution in [1.82, 2.24) is 10.2 Å². The largest absolute Gasteiger partial charge is 0.454 e. The maximum Gasteiger partial charge on any atom is 0.326 e. The Morgan fingerprint density at radius 3 is 2.38 bits per heavy atom. The number of carbonyl (C=O) groups is 4. The van der Waals surface area contributed by atoms with Crippen LogP contribution in [0, 0.1) is 0 Å². The summed E-state index contributed by atoms with van der Waals surface area (Å²) in [5.41, 5.74) is 1.02. The highest BCUT2D eigenvalue weighted by atomic mass is 35.5. The molecule has 1 saturated heterocycles. The Bertz CT molecular complexity index is 628. The van der Waals surface area contributed by atoms with Gasteiger partial charge in [0.05, 0.1) is 0 Å². The Morgan fingerprint density at radius 1 is 1.12 bits per heavy atom. The summed E-state index contributed by atoms with van der Waals surface area (Å²) >= 11 is 5.78. The molecule has 0 radical (unpaired) electrons. The molecule has 128 valence electrons. The summed E-state index contributed by atoms with van der Waals surface area (Å²) in [7, 11) is 0. The summed E-state index contributed by atoms with van der Waals surface area (Å²) in [5.74, 6) is -2.03. The molecule has 8 heteroatoms. The lowest BCUT2D eigenvalue weighted by atomic mass is 10.1. The first-order chi connectivity index (χ1) is 11.5. The first kappa shape index (κ1) is 17.9. The Morgan fingerprint density at radius 2 is 1.75 bits per heavy atom. The van der Waals surface area contributed by atoms with E-state index < -0.39 is 36.8 Å². The van der Waals surface area contributed by atoms with Gasteiger partial charge < -0.3 is 10.1 Å². The molecular formula is C16H17ClN2O5. The molecule has 3 amide bonds. The minimum absolute atomic E-state index is 0.108. The van der Waals surface area contributed by atoms with Gasteiger partial charge in [-0.2, -0.15) is 0 Å². The van der Waals surface area contributed by atoms with Gasteiger partial charge in [0.15, 0.2) is 6.61 Å². The van der Waals surface area contributed by atoms with Gasteiger partial charge in [0, 0.05) is 24.4 Å². The van der Waals surface area contributed by atoms with Crippen LogP contribution in [0.4, 0.5) is 0 Å². The maximum atomic E-state index is 11.6. The maximum absolute atomic E-state index is 11.6. The van der Waals surface area contributed by atoms with Crippen LogP contribution in [0.2, 0.25) is 5.02 Å². The van der Waals surface area contributed by atoms with Gasteiger partial charge in [0.1, 0.15) is 6.54 Å². The molecule has 7 nitrogen and oxygen atoms in total. The van der Waals surface area contributed by atoms with Gasteiger partial charge in [0.25, 0.3) is 5.91 Å². The second-order valence-electron chi connectivity index (χ2n) is 5.26. The monoisotopic (exact) mass is 352 g/mol. The second-order valence-corrected chi connectivity index (χ2v) is 5.70. The van der Waals surface area contributed by atoms with E-state index in [0.717, 1.165) is 10.5 Å². The van der Waals surface area contributed by atoms with Crippen molar-refractivity contribution >= 4 is 35.3 Å². The van der Waals surface area contributed by atoms with Crippen LogP contribution in [0.5, 0.6) is 0 Å². The average molecular weight is 353 g/mol. The molecular weight excluding hydrogens is 336 g/mol. The number of esters is 1. The number of imide groups is 1. The number of amides is 3. The molecule has 1 fully saturated rings. The molecule has 1 aliphatic heterocycles. The quantitative estimate of drug-likeness (QED) is 0.575. The van der Waals surface area contributed by atoms with E-state index in [9.17, 15) is 19.2 Å². The Labute approximate surface area is 143 Å². The lowest BCUT2D eigenvalue weighted by Crippen LogP contribution is -2.37. The van der Waals surface area contributed by atoms with Crippen molar-refractivity contribution in [2.75, 3.05) is 19.7 Å². The molecule has 1 aromatic rings. The van der Waals surface area contributed by atoms with E-state index in [4.69, 9.17) is 16.3 Å². The third-order valence-corrected chi connectivity index (χ3v) is 3.71. The molecule has 1 heterocycles. The van der Waals surface area contributed by atoms with Crippen molar-refractivity contribution in [2.24, 2.45) is 0 Å². The van der Waals surface area contributed by atoms with Crippen molar-refractivity contribution in [2.45, 2.75) is 19.3 Å². The van der Waals surface area contributed by atoms with Gasteiger partial charge in [-0.3, -0.25) is 24.1 Å². The van der Waals surface area contributed by atoms with Crippen LogP contribution >= 0.6 is 11.6 Å². The predicted octanol–water partition coefficient (Wildman–Crippen LogP) is 0.691. The Balaban J connectivity index is 1.63. The summed E-state index contributed by atoms with van der Waals surface area (Å²) in [5, 5.41) is 3.26. The fourth-order valence-corrected chi connectivity index (χ4v) is 2.29. The van der Waals surface area contributed by atoms with Gasteiger partial charge >= 0.3 is 5.97 Å². The average Bonchev–Trinajstić information content (AvgIpc) is 2.87. The third-order valence-electron chi connectivity index (χ3n) is 3.46.